The van der Waals surface area contributed by atoms with Crippen molar-refractivity contribution in [1.29, 1.82) is 0 Å². The van der Waals surface area contributed by atoms with E-state index in [0.717, 1.165) is 0 Å². The van der Waals surface area contributed by atoms with Gasteiger partial charge in [0.15, 0.2) is 0 Å². The van der Waals surface area contributed by atoms with Gasteiger partial charge in [-0.05, 0) is 30.3 Å². The lowest BCUT2D eigenvalue weighted by molar-refractivity contribution is 0.627. The Balaban J connectivity index is 2.02. The molecule has 0 amide bonds. The maximum atomic E-state index is 13.0. The van der Waals surface area contributed by atoms with Crippen molar-refractivity contribution in [3.63, 3.8) is 0 Å². The molecule has 0 aliphatic heterocycles. The van der Waals surface area contributed by atoms with Gasteiger partial charge in [-0.2, -0.15) is 0 Å². The lowest BCUT2D eigenvalue weighted by atomic mass is 10.2. The Kier molecular flexibility index (Phi) is 3.02. The van der Waals surface area contributed by atoms with Gasteiger partial charge in [0.25, 0.3) is 5.56 Å². The number of pyridine rings is 1. The third kappa shape index (κ3) is 2.43. The maximum Gasteiger partial charge on any atom is 0.257 e. The van der Waals surface area contributed by atoms with E-state index in [2.05, 4.69) is 16.8 Å². The standard InChI is InChI=1S/C16H9FN2O/c17-14-3-1-2-12(10-14)4-5-13-7-9-19-15(11-13)18-8-6-16(19)20/h1-3,6-11H. The first-order valence-electron chi connectivity index (χ1n) is 5.97. The van der Waals surface area contributed by atoms with Gasteiger partial charge in [0.05, 0.1) is 0 Å². The minimum absolute atomic E-state index is 0.139. The van der Waals surface area contributed by atoms with Crippen LogP contribution in [0, 0.1) is 17.7 Å². The molecule has 0 saturated heterocycles. The van der Waals surface area contributed by atoms with Crippen LogP contribution in [0.4, 0.5) is 4.39 Å². The van der Waals surface area contributed by atoms with E-state index in [1.165, 1.54) is 28.8 Å². The summed E-state index contributed by atoms with van der Waals surface area (Å²) in [6, 6.07) is 10.9. The molecular weight excluding hydrogens is 255 g/mol. The number of rotatable bonds is 0. The van der Waals surface area contributed by atoms with Crippen molar-refractivity contribution in [3.8, 4) is 11.8 Å². The number of hydrogen-bond donors (Lipinski definition) is 0. The van der Waals surface area contributed by atoms with Gasteiger partial charge in [0.1, 0.15) is 11.5 Å². The van der Waals surface area contributed by atoms with Gasteiger partial charge >= 0.3 is 0 Å². The van der Waals surface area contributed by atoms with Crippen LogP contribution >= 0.6 is 0 Å². The maximum absolute atomic E-state index is 13.0. The molecule has 2 aromatic heterocycles. The first-order valence-corrected chi connectivity index (χ1v) is 5.97. The van der Waals surface area contributed by atoms with Crippen LogP contribution in [0.15, 0.2) is 59.7 Å². The Bertz CT molecular complexity index is 903. The summed E-state index contributed by atoms with van der Waals surface area (Å²) in [7, 11) is 0. The molecule has 96 valence electrons. The van der Waals surface area contributed by atoms with E-state index in [9.17, 15) is 9.18 Å². The fraction of sp³-hybridized carbons (Fsp3) is 0. The Labute approximate surface area is 114 Å². The number of nitrogens with zero attached hydrogens (tertiary/aromatic N) is 2. The summed E-state index contributed by atoms with van der Waals surface area (Å²) in [4.78, 5) is 15.7. The zero-order valence-corrected chi connectivity index (χ0v) is 10.4. The van der Waals surface area contributed by atoms with Crippen molar-refractivity contribution >= 4 is 5.65 Å². The first-order chi connectivity index (χ1) is 9.72. The zero-order chi connectivity index (χ0) is 13.9. The molecule has 0 spiro atoms. The van der Waals surface area contributed by atoms with E-state index in [4.69, 9.17) is 0 Å². The van der Waals surface area contributed by atoms with Gasteiger partial charge < -0.3 is 0 Å². The predicted octanol–water partition coefficient (Wildman–Crippen LogP) is 2.23. The summed E-state index contributed by atoms with van der Waals surface area (Å²) in [6.45, 7) is 0. The number of hydrogen-bond acceptors (Lipinski definition) is 2. The first kappa shape index (κ1) is 12.1. The summed E-state index contributed by atoms with van der Waals surface area (Å²) in [5.41, 5.74) is 1.71. The number of fused-ring (bicyclic) bond motifs is 1. The van der Waals surface area contributed by atoms with Crippen molar-refractivity contribution < 1.29 is 4.39 Å². The molecule has 0 atom stereocenters. The second kappa shape index (κ2) is 4.98. The fourth-order valence-corrected chi connectivity index (χ4v) is 1.82. The third-order valence-corrected chi connectivity index (χ3v) is 2.77. The van der Waals surface area contributed by atoms with Gasteiger partial charge in [0, 0.05) is 29.6 Å². The summed E-state index contributed by atoms with van der Waals surface area (Å²) < 4.78 is 14.5. The molecule has 0 saturated carbocycles. The summed E-state index contributed by atoms with van der Waals surface area (Å²) in [6.07, 6.45) is 3.09. The van der Waals surface area contributed by atoms with Gasteiger partial charge in [-0.15, -0.1) is 0 Å². The van der Waals surface area contributed by atoms with E-state index >= 15 is 0 Å². The topological polar surface area (TPSA) is 34.4 Å². The molecule has 3 rings (SSSR count). The Morgan fingerprint density at radius 1 is 1.05 bits per heavy atom. The molecule has 0 unspecified atom stereocenters. The van der Waals surface area contributed by atoms with Crippen molar-refractivity contribution in [3.05, 3.63) is 82.2 Å². The van der Waals surface area contributed by atoms with E-state index in [1.54, 1.807) is 30.5 Å². The molecule has 0 aliphatic carbocycles. The summed E-state index contributed by atoms with van der Waals surface area (Å²) >= 11 is 0. The van der Waals surface area contributed by atoms with Crippen LogP contribution in [0.2, 0.25) is 0 Å². The quantitative estimate of drug-likeness (QED) is 0.583. The molecule has 0 aliphatic rings. The summed E-state index contributed by atoms with van der Waals surface area (Å²) in [5, 5.41) is 0. The van der Waals surface area contributed by atoms with Crippen molar-refractivity contribution in [2.45, 2.75) is 0 Å². The van der Waals surface area contributed by atoms with Crippen LogP contribution in [0.3, 0.4) is 0 Å². The van der Waals surface area contributed by atoms with Gasteiger partial charge in [-0.3, -0.25) is 9.20 Å². The molecule has 3 nitrogen and oxygen atoms in total. The Hall–Kier alpha value is -2.93. The van der Waals surface area contributed by atoms with Crippen LogP contribution in [-0.2, 0) is 0 Å². The molecule has 0 fully saturated rings. The van der Waals surface area contributed by atoms with Crippen LogP contribution in [-0.4, -0.2) is 9.38 Å². The van der Waals surface area contributed by atoms with Crippen molar-refractivity contribution in [2.75, 3.05) is 0 Å². The number of aromatic nitrogens is 2. The molecule has 20 heavy (non-hydrogen) atoms. The monoisotopic (exact) mass is 264 g/mol. The zero-order valence-electron chi connectivity index (χ0n) is 10.4. The minimum atomic E-state index is -0.316. The lowest BCUT2D eigenvalue weighted by Crippen LogP contribution is -2.12. The van der Waals surface area contributed by atoms with Crippen LogP contribution in [0.1, 0.15) is 11.1 Å². The van der Waals surface area contributed by atoms with Crippen molar-refractivity contribution in [1.82, 2.24) is 9.38 Å². The highest BCUT2D eigenvalue weighted by Gasteiger charge is 1.97. The van der Waals surface area contributed by atoms with Crippen LogP contribution < -0.4 is 5.56 Å². The minimum Gasteiger partial charge on any atom is -0.269 e. The highest BCUT2D eigenvalue weighted by Crippen LogP contribution is 2.04. The second-order valence-corrected chi connectivity index (χ2v) is 4.19. The molecule has 0 N–H and O–H groups in total. The lowest BCUT2D eigenvalue weighted by Gasteiger charge is -1.98. The fourth-order valence-electron chi connectivity index (χ4n) is 1.82. The molecule has 4 heteroatoms. The van der Waals surface area contributed by atoms with E-state index in [-0.39, 0.29) is 11.4 Å². The summed E-state index contributed by atoms with van der Waals surface area (Å²) in [5.74, 6) is 5.49. The molecule has 2 heterocycles. The Morgan fingerprint density at radius 2 is 1.85 bits per heavy atom. The van der Waals surface area contributed by atoms with Crippen LogP contribution in [0.25, 0.3) is 5.65 Å². The normalized spacial score (nSPS) is 10.1. The van der Waals surface area contributed by atoms with E-state index in [0.29, 0.717) is 16.8 Å². The van der Waals surface area contributed by atoms with Crippen molar-refractivity contribution in [2.24, 2.45) is 0 Å². The highest BCUT2D eigenvalue weighted by atomic mass is 19.1. The largest absolute Gasteiger partial charge is 0.269 e. The SMILES string of the molecule is O=c1ccnc2cc(C#Cc3cccc(F)c3)ccn12. The van der Waals surface area contributed by atoms with Crippen LogP contribution in [0.5, 0.6) is 0 Å². The van der Waals surface area contributed by atoms with E-state index in [1.807, 2.05) is 0 Å². The second-order valence-electron chi connectivity index (χ2n) is 4.19. The molecule has 1 aromatic carbocycles. The number of halogens is 1. The average molecular weight is 264 g/mol. The number of benzene rings is 1. The molecule has 3 aromatic rings. The van der Waals surface area contributed by atoms with E-state index < -0.39 is 0 Å². The Morgan fingerprint density at radius 3 is 2.65 bits per heavy atom. The average Bonchev–Trinajstić information content (AvgIpc) is 2.45. The smallest absolute Gasteiger partial charge is 0.257 e. The third-order valence-electron chi connectivity index (χ3n) is 2.77. The highest BCUT2D eigenvalue weighted by molar-refractivity contribution is 5.49. The van der Waals surface area contributed by atoms with Gasteiger partial charge in [0.2, 0.25) is 0 Å². The molecule has 0 radical (unpaired) electrons. The molecule has 0 bridgehead atoms. The van der Waals surface area contributed by atoms with Gasteiger partial charge in [-0.25, -0.2) is 9.37 Å². The molecular formula is C16H9FN2O. The predicted molar refractivity (Wildman–Crippen MR) is 73.8 cm³/mol. The van der Waals surface area contributed by atoms with Gasteiger partial charge in [-0.1, -0.05) is 17.9 Å².